The van der Waals surface area contributed by atoms with E-state index >= 15 is 0 Å². The van der Waals surface area contributed by atoms with Gasteiger partial charge >= 0.3 is 0 Å². The zero-order valence-electron chi connectivity index (χ0n) is 14.2. The number of nitrogens with one attached hydrogen (secondary N) is 1. The lowest BCUT2D eigenvalue weighted by Crippen LogP contribution is -2.40. The van der Waals surface area contributed by atoms with Crippen molar-refractivity contribution in [3.8, 4) is 0 Å². The van der Waals surface area contributed by atoms with E-state index in [4.69, 9.17) is 0 Å². The Morgan fingerprint density at radius 3 is 1.92 bits per heavy atom. The Morgan fingerprint density at radius 2 is 1.46 bits per heavy atom. The maximum atomic E-state index is 13.0. The minimum atomic E-state index is -0.406. The van der Waals surface area contributed by atoms with Crippen molar-refractivity contribution in [1.82, 2.24) is 10.2 Å². The molecule has 0 aliphatic carbocycles. The van der Waals surface area contributed by atoms with Crippen LogP contribution in [0.25, 0.3) is 0 Å². The van der Waals surface area contributed by atoms with Gasteiger partial charge in [0, 0.05) is 13.6 Å². The van der Waals surface area contributed by atoms with Crippen LogP contribution in [0.15, 0.2) is 60.7 Å². The number of carbonyl (C=O) groups excluding carboxylic acids is 2. The van der Waals surface area contributed by atoms with Gasteiger partial charge in [0.05, 0.1) is 12.5 Å². The lowest BCUT2D eigenvalue weighted by atomic mass is 9.90. The first-order valence-electron chi connectivity index (χ1n) is 8.25. The average molecular weight is 324 g/mol. The van der Waals surface area contributed by atoms with Crippen molar-refractivity contribution in [2.45, 2.75) is 19.3 Å². The van der Waals surface area contributed by atoms with Gasteiger partial charge in [-0.3, -0.25) is 9.59 Å². The van der Waals surface area contributed by atoms with Crippen LogP contribution in [-0.2, 0) is 9.59 Å². The molecule has 2 aromatic carbocycles. The third kappa shape index (κ3) is 4.69. The summed E-state index contributed by atoms with van der Waals surface area (Å²) < 4.78 is 0. The second-order valence-electron chi connectivity index (χ2n) is 5.80. The molecular formula is C20H24N2O2. The summed E-state index contributed by atoms with van der Waals surface area (Å²) in [5, 5.41) is 2.80. The molecule has 0 aliphatic rings. The minimum Gasteiger partial charge on any atom is -0.355 e. The Kier molecular flexibility index (Phi) is 6.55. The molecule has 0 fully saturated rings. The van der Waals surface area contributed by atoms with Crippen LogP contribution in [0.4, 0.5) is 0 Å². The van der Waals surface area contributed by atoms with Crippen LogP contribution in [0.2, 0.25) is 0 Å². The summed E-state index contributed by atoms with van der Waals surface area (Å²) in [5.74, 6) is -0.622. The van der Waals surface area contributed by atoms with Gasteiger partial charge in [0.25, 0.3) is 0 Å². The summed E-state index contributed by atoms with van der Waals surface area (Å²) in [6.07, 6.45) is 0.875. The van der Waals surface area contributed by atoms with Crippen molar-refractivity contribution >= 4 is 11.8 Å². The number of benzene rings is 2. The first-order valence-corrected chi connectivity index (χ1v) is 8.25. The number of amides is 2. The third-order valence-electron chi connectivity index (χ3n) is 3.84. The SMILES string of the molecule is CCCNC(=O)CN(C)C(=O)C(c1ccccc1)c1ccccc1. The van der Waals surface area contributed by atoms with Gasteiger partial charge in [0.15, 0.2) is 0 Å². The first kappa shape index (κ1) is 17.7. The highest BCUT2D eigenvalue weighted by molar-refractivity contribution is 5.90. The van der Waals surface area contributed by atoms with Crippen LogP contribution in [0.5, 0.6) is 0 Å². The second kappa shape index (κ2) is 8.87. The fourth-order valence-electron chi connectivity index (χ4n) is 2.60. The van der Waals surface area contributed by atoms with Crippen molar-refractivity contribution in [1.29, 1.82) is 0 Å². The molecule has 0 unspecified atom stereocenters. The smallest absolute Gasteiger partial charge is 0.239 e. The van der Waals surface area contributed by atoms with Crippen LogP contribution >= 0.6 is 0 Å². The second-order valence-corrected chi connectivity index (χ2v) is 5.80. The van der Waals surface area contributed by atoms with Crippen LogP contribution in [0, 0.1) is 0 Å². The van der Waals surface area contributed by atoms with E-state index in [0.717, 1.165) is 17.5 Å². The number of likely N-dealkylation sites (N-methyl/N-ethyl adjacent to an activating group) is 1. The van der Waals surface area contributed by atoms with E-state index in [1.54, 1.807) is 7.05 Å². The summed E-state index contributed by atoms with van der Waals surface area (Å²) in [7, 11) is 1.67. The van der Waals surface area contributed by atoms with Gasteiger partial charge in [-0.15, -0.1) is 0 Å². The van der Waals surface area contributed by atoms with E-state index in [2.05, 4.69) is 5.32 Å². The summed E-state index contributed by atoms with van der Waals surface area (Å²) in [5.41, 5.74) is 1.85. The Hall–Kier alpha value is -2.62. The Balaban J connectivity index is 2.21. The molecule has 2 rings (SSSR count). The fourth-order valence-corrected chi connectivity index (χ4v) is 2.60. The molecular weight excluding hydrogens is 300 g/mol. The molecule has 2 amide bonds. The molecule has 0 heterocycles. The zero-order valence-corrected chi connectivity index (χ0v) is 14.2. The summed E-state index contributed by atoms with van der Waals surface area (Å²) >= 11 is 0. The van der Waals surface area contributed by atoms with E-state index in [-0.39, 0.29) is 18.4 Å². The molecule has 0 aliphatic heterocycles. The predicted octanol–water partition coefficient (Wildman–Crippen LogP) is 2.80. The number of nitrogens with zero attached hydrogens (tertiary/aromatic N) is 1. The van der Waals surface area contributed by atoms with Gasteiger partial charge in [-0.05, 0) is 17.5 Å². The highest BCUT2D eigenvalue weighted by atomic mass is 16.2. The fraction of sp³-hybridized carbons (Fsp3) is 0.300. The molecule has 0 saturated heterocycles. The molecule has 2 aromatic rings. The largest absolute Gasteiger partial charge is 0.355 e. The van der Waals surface area contributed by atoms with Crippen LogP contribution in [-0.4, -0.2) is 36.9 Å². The van der Waals surface area contributed by atoms with E-state index < -0.39 is 5.92 Å². The zero-order chi connectivity index (χ0) is 17.4. The van der Waals surface area contributed by atoms with E-state index in [1.807, 2.05) is 67.6 Å². The molecule has 0 bridgehead atoms. The maximum Gasteiger partial charge on any atom is 0.239 e. The quantitative estimate of drug-likeness (QED) is 0.851. The van der Waals surface area contributed by atoms with Crippen molar-refractivity contribution in [3.05, 3.63) is 71.8 Å². The summed E-state index contributed by atoms with van der Waals surface area (Å²) in [6.45, 7) is 2.69. The van der Waals surface area contributed by atoms with Gasteiger partial charge in [-0.25, -0.2) is 0 Å². The lowest BCUT2D eigenvalue weighted by molar-refractivity contribution is -0.135. The van der Waals surface area contributed by atoms with Crippen LogP contribution in [0.3, 0.4) is 0 Å². The van der Waals surface area contributed by atoms with Gasteiger partial charge < -0.3 is 10.2 Å². The molecule has 4 heteroatoms. The number of carbonyl (C=O) groups is 2. The van der Waals surface area contributed by atoms with Gasteiger partial charge in [-0.1, -0.05) is 67.6 Å². The summed E-state index contributed by atoms with van der Waals surface area (Å²) in [4.78, 5) is 26.4. The minimum absolute atomic E-state index is 0.0645. The Bertz CT molecular complexity index is 616. The molecule has 0 spiro atoms. The molecule has 126 valence electrons. The first-order chi connectivity index (χ1) is 11.6. The number of rotatable bonds is 7. The highest BCUT2D eigenvalue weighted by Crippen LogP contribution is 2.26. The highest BCUT2D eigenvalue weighted by Gasteiger charge is 2.26. The molecule has 0 radical (unpaired) electrons. The summed E-state index contributed by atoms with van der Waals surface area (Å²) in [6, 6.07) is 19.3. The van der Waals surface area contributed by atoms with E-state index in [0.29, 0.717) is 6.54 Å². The Morgan fingerprint density at radius 1 is 0.958 bits per heavy atom. The standard InChI is InChI=1S/C20H24N2O2/c1-3-14-21-18(23)15-22(2)20(24)19(16-10-6-4-7-11-16)17-12-8-5-9-13-17/h4-13,19H,3,14-15H2,1-2H3,(H,21,23). The number of hydrogen-bond acceptors (Lipinski definition) is 2. The van der Waals surface area contributed by atoms with E-state index in [1.165, 1.54) is 4.90 Å². The molecule has 0 saturated carbocycles. The maximum absolute atomic E-state index is 13.0. The van der Waals surface area contributed by atoms with Crippen molar-refractivity contribution in [3.63, 3.8) is 0 Å². The molecule has 24 heavy (non-hydrogen) atoms. The van der Waals surface area contributed by atoms with Gasteiger partial charge in [-0.2, -0.15) is 0 Å². The van der Waals surface area contributed by atoms with E-state index in [9.17, 15) is 9.59 Å². The van der Waals surface area contributed by atoms with Crippen molar-refractivity contribution in [2.24, 2.45) is 0 Å². The third-order valence-corrected chi connectivity index (χ3v) is 3.84. The molecule has 0 atom stereocenters. The molecule has 4 nitrogen and oxygen atoms in total. The Labute approximate surface area is 143 Å². The van der Waals surface area contributed by atoms with Gasteiger partial charge in [0.1, 0.15) is 0 Å². The van der Waals surface area contributed by atoms with Crippen molar-refractivity contribution < 1.29 is 9.59 Å². The van der Waals surface area contributed by atoms with Crippen LogP contribution in [0.1, 0.15) is 30.4 Å². The van der Waals surface area contributed by atoms with Crippen molar-refractivity contribution in [2.75, 3.05) is 20.1 Å². The van der Waals surface area contributed by atoms with Crippen LogP contribution < -0.4 is 5.32 Å². The average Bonchev–Trinajstić information content (AvgIpc) is 2.62. The molecule has 1 N–H and O–H groups in total. The molecule has 0 aromatic heterocycles. The van der Waals surface area contributed by atoms with Gasteiger partial charge in [0.2, 0.25) is 11.8 Å². The topological polar surface area (TPSA) is 49.4 Å². The number of hydrogen-bond donors (Lipinski definition) is 1. The normalized spacial score (nSPS) is 10.5. The lowest BCUT2D eigenvalue weighted by Gasteiger charge is -2.24. The predicted molar refractivity (Wildman–Crippen MR) is 95.7 cm³/mol. The monoisotopic (exact) mass is 324 g/mol.